The lowest BCUT2D eigenvalue weighted by Crippen LogP contribution is -2.32. The Morgan fingerprint density at radius 1 is 1.46 bits per heavy atom. The maximum absolute atomic E-state index is 7.59. The maximum Gasteiger partial charge on any atom is 0.209 e. The normalized spacial score (nSPS) is 28.5. The topological polar surface area (TPSA) is 43.2 Å². The van der Waals surface area contributed by atoms with Crippen molar-refractivity contribution in [2.45, 2.75) is 19.9 Å². The minimum absolute atomic E-state index is 0.00185. The average molecular weight is 186 g/mol. The second-order valence-corrected chi connectivity index (χ2v) is 3.09. The van der Waals surface area contributed by atoms with Crippen LogP contribution in [-0.2, 0) is 9.47 Å². The van der Waals surface area contributed by atoms with Gasteiger partial charge in [-0.25, -0.2) is 9.98 Å². The number of ether oxygens (including phenoxy) is 2. The van der Waals surface area contributed by atoms with Crippen LogP contribution in [0.5, 0.6) is 0 Å². The van der Waals surface area contributed by atoms with Crippen molar-refractivity contribution in [2.75, 3.05) is 20.7 Å². The lowest BCUT2D eigenvalue weighted by atomic mass is 10.0. The van der Waals surface area contributed by atoms with Crippen LogP contribution in [0.15, 0.2) is 9.98 Å². The molecule has 0 aromatic heterocycles. The van der Waals surface area contributed by atoms with Crippen molar-refractivity contribution in [1.82, 2.24) is 0 Å². The highest BCUT2D eigenvalue weighted by molar-refractivity contribution is 5.91. The van der Waals surface area contributed by atoms with Crippen molar-refractivity contribution in [1.29, 1.82) is 0 Å². The Balaban J connectivity index is 3.06. The van der Waals surface area contributed by atoms with Gasteiger partial charge < -0.3 is 9.47 Å². The standard InChI is InChI=1S/C9H16N2O2/c1-6(2)8-9(13-4)10-5-7(11-8)12-3/h6,8H,5H2,1-4H3/t8-/m0/s1/i5D2. The Bertz CT molecular complexity index is 300. The Morgan fingerprint density at radius 3 is 2.62 bits per heavy atom. The van der Waals surface area contributed by atoms with Gasteiger partial charge >= 0.3 is 0 Å². The number of rotatable bonds is 1. The highest BCUT2D eigenvalue weighted by Gasteiger charge is 2.24. The SMILES string of the molecule is [2H]C1([2H])N=C(OC)[C@H](C(C)C)N=C1OC. The zero-order chi connectivity index (χ0) is 11.6. The van der Waals surface area contributed by atoms with E-state index in [9.17, 15) is 0 Å². The average Bonchev–Trinajstić information content (AvgIpc) is 2.15. The first-order valence-electron chi connectivity index (χ1n) is 5.18. The van der Waals surface area contributed by atoms with Crippen molar-refractivity contribution < 1.29 is 12.2 Å². The first-order valence-corrected chi connectivity index (χ1v) is 4.18. The Labute approximate surface area is 81.5 Å². The molecule has 0 amide bonds. The molecule has 0 fully saturated rings. The molecule has 0 spiro atoms. The predicted octanol–water partition coefficient (Wildman–Crippen LogP) is 1.11. The van der Waals surface area contributed by atoms with E-state index in [4.69, 9.17) is 12.2 Å². The molecule has 4 heteroatoms. The summed E-state index contributed by atoms with van der Waals surface area (Å²) in [6.07, 6.45) is 0. The summed E-state index contributed by atoms with van der Waals surface area (Å²) >= 11 is 0. The summed E-state index contributed by atoms with van der Waals surface area (Å²) in [5.74, 6) is 0.503. The van der Waals surface area contributed by atoms with Gasteiger partial charge in [0.2, 0.25) is 11.8 Å². The molecule has 4 nitrogen and oxygen atoms in total. The summed E-state index contributed by atoms with van der Waals surface area (Å²) in [7, 11) is 2.86. The van der Waals surface area contributed by atoms with Crippen molar-refractivity contribution in [3.8, 4) is 0 Å². The van der Waals surface area contributed by atoms with Crippen LogP contribution in [0.4, 0.5) is 0 Å². The maximum atomic E-state index is 7.59. The fraction of sp³-hybridized carbons (Fsp3) is 0.778. The van der Waals surface area contributed by atoms with E-state index in [0.717, 1.165) is 0 Å². The third kappa shape index (κ3) is 2.20. The van der Waals surface area contributed by atoms with Gasteiger partial charge in [-0.05, 0) is 5.92 Å². The predicted molar refractivity (Wildman–Crippen MR) is 52.4 cm³/mol. The molecule has 0 N–H and O–H groups in total. The lowest BCUT2D eigenvalue weighted by molar-refractivity contribution is 0.344. The smallest absolute Gasteiger partial charge is 0.209 e. The highest BCUT2D eigenvalue weighted by Crippen LogP contribution is 2.13. The van der Waals surface area contributed by atoms with Crippen molar-refractivity contribution >= 4 is 11.8 Å². The summed E-state index contributed by atoms with van der Waals surface area (Å²) < 4.78 is 25.1. The van der Waals surface area contributed by atoms with Gasteiger partial charge in [-0.15, -0.1) is 0 Å². The number of hydrogen-bond acceptors (Lipinski definition) is 4. The zero-order valence-electron chi connectivity index (χ0n) is 10.4. The van der Waals surface area contributed by atoms with Gasteiger partial charge in [-0.3, -0.25) is 0 Å². The number of methoxy groups -OCH3 is 2. The molecule has 0 radical (unpaired) electrons. The highest BCUT2D eigenvalue weighted by atomic mass is 16.5. The summed E-state index contributed by atoms with van der Waals surface area (Å²) in [4.78, 5) is 8.03. The second-order valence-electron chi connectivity index (χ2n) is 3.09. The van der Waals surface area contributed by atoms with Gasteiger partial charge in [-0.2, -0.15) is 0 Å². The molecule has 0 aromatic carbocycles. The summed E-state index contributed by atoms with van der Waals surface area (Å²) in [5, 5.41) is 0. The van der Waals surface area contributed by atoms with Gasteiger partial charge in [0.15, 0.2) is 0 Å². The van der Waals surface area contributed by atoms with E-state index in [1.165, 1.54) is 14.2 Å². The molecule has 1 rings (SSSR count). The Morgan fingerprint density at radius 2 is 2.15 bits per heavy atom. The van der Waals surface area contributed by atoms with E-state index in [2.05, 4.69) is 9.98 Å². The number of hydrogen-bond donors (Lipinski definition) is 0. The quantitative estimate of drug-likeness (QED) is 0.615. The molecule has 13 heavy (non-hydrogen) atoms. The first-order chi connectivity index (χ1) is 6.92. The monoisotopic (exact) mass is 186 g/mol. The summed E-state index contributed by atoms with van der Waals surface area (Å²) in [6, 6.07) is -0.270. The Hall–Kier alpha value is -1.06. The Kier molecular flexibility index (Phi) is 2.41. The molecular formula is C9H16N2O2. The van der Waals surface area contributed by atoms with Crippen LogP contribution in [0, 0.1) is 5.92 Å². The van der Waals surface area contributed by atoms with E-state index >= 15 is 0 Å². The minimum atomic E-state index is -1.93. The van der Waals surface area contributed by atoms with Crippen LogP contribution < -0.4 is 0 Å². The van der Waals surface area contributed by atoms with Gasteiger partial charge in [-0.1, -0.05) is 13.8 Å². The van der Waals surface area contributed by atoms with Crippen LogP contribution in [0.3, 0.4) is 0 Å². The molecule has 0 saturated heterocycles. The van der Waals surface area contributed by atoms with Crippen LogP contribution in [-0.4, -0.2) is 38.6 Å². The van der Waals surface area contributed by atoms with Gasteiger partial charge in [0.05, 0.1) is 17.0 Å². The summed E-state index contributed by atoms with van der Waals surface area (Å²) in [6.45, 7) is 2.01. The molecule has 0 saturated carbocycles. The first kappa shape index (κ1) is 7.35. The van der Waals surface area contributed by atoms with Crippen LogP contribution in [0.25, 0.3) is 0 Å². The fourth-order valence-electron chi connectivity index (χ4n) is 1.08. The number of aliphatic imine (C=N–C) groups is 2. The molecule has 1 aliphatic rings. The van der Waals surface area contributed by atoms with Crippen LogP contribution >= 0.6 is 0 Å². The molecule has 1 atom stereocenters. The molecule has 0 unspecified atom stereocenters. The molecule has 74 valence electrons. The zero-order valence-corrected chi connectivity index (χ0v) is 8.37. The largest absolute Gasteiger partial charge is 0.483 e. The van der Waals surface area contributed by atoms with Crippen molar-refractivity contribution in [2.24, 2.45) is 15.9 Å². The molecule has 0 bridgehead atoms. The van der Waals surface area contributed by atoms with E-state index < -0.39 is 6.50 Å². The molecule has 1 heterocycles. The summed E-state index contributed by atoms with van der Waals surface area (Å²) in [5.41, 5.74) is 0. The van der Waals surface area contributed by atoms with Crippen LogP contribution in [0.1, 0.15) is 16.6 Å². The third-order valence-electron chi connectivity index (χ3n) is 1.81. The third-order valence-corrected chi connectivity index (χ3v) is 1.81. The van der Waals surface area contributed by atoms with E-state index in [0.29, 0.717) is 5.90 Å². The molecular weight excluding hydrogens is 168 g/mol. The van der Waals surface area contributed by atoms with Gasteiger partial charge in [0, 0.05) is 0 Å². The van der Waals surface area contributed by atoms with Crippen molar-refractivity contribution in [3.05, 3.63) is 0 Å². The molecule has 0 aromatic rings. The van der Waals surface area contributed by atoms with Gasteiger partial charge in [0.1, 0.15) is 12.5 Å². The number of nitrogens with zero attached hydrogens (tertiary/aromatic N) is 2. The van der Waals surface area contributed by atoms with Crippen molar-refractivity contribution in [3.63, 3.8) is 0 Å². The minimum Gasteiger partial charge on any atom is -0.483 e. The van der Waals surface area contributed by atoms with Gasteiger partial charge in [0.25, 0.3) is 0 Å². The molecule has 1 aliphatic heterocycles. The van der Waals surface area contributed by atoms with Crippen LogP contribution in [0.2, 0.25) is 0 Å². The fourth-order valence-corrected chi connectivity index (χ4v) is 1.08. The lowest BCUT2D eigenvalue weighted by Gasteiger charge is -2.22. The van der Waals surface area contributed by atoms with E-state index in [1.807, 2.05) is 13.8 Å². The molecule has 0 aliphatic carbocycles. The van der Waals surface area contributed by atoms with E-state index in [-0.39, 0.29) is 17.9 Å². The van der Waals surface area contributed by atoms with E-state index in [1.54, 1.807) is 0 Å². The second kappa shape index (κ2) is 4.25.